The lowest BCUT2D eigenvalue weighted by Crippen LogP contribution is -2.35. The van der Waals surface area contributed by atoms with E-state index < -0.39 is 0 Å². The van der Waals surface area contributed by atoms with Gasteiger partial charge in [0.25, 0.3) is 0 Å². The fourth-order valence-electron chi connectivity index (χ4n) is 2.13. The van der Waals surface area contributed by atoms with E-state index in [1.54, 1.807) is 0 Å². The molecule has 0 amide bonds. The molecule has 2 aromatic rings. The van der Waals surface area contributed by atoms with E-state index in [9.17, 15) is 5.11 Å². The largest absolute Gasteiger partial charge is 0.396 e. The Morgan fingerprint density at radius 2 is 2.11 bits per heavy atom. The van der Waals surface area contributed by atoms with Crippen LogP contribution in [0.5, 0.6) is 0 Å². The van der Waals surface area contributed by atoms with Crippen LogP contribution in [0.15, 0.2) is 34.9 Å². The Morgan fingerprint density at radius 3 is 2.79 bits per heavy atom. The average molecular weight is 323 g/mol. The number of aromatic nitrogens is 1. The molecule has 0 aliphatic rings. The smallest absolute Gasteiger partial charge is 0.134 e. The number of rotatable bonds is 5. The Kier molecular flexibility index (Phi) is 4.42. The van der Waals surface area contributed by atoms with E-state index in [2.05, 4.69) is 46.1 Å². The van der Waals surface area contributed by atoms with E-state index in [4.69, 9.17) is 0 Å². The van der Waals surface area contributed by atoms with Gasteiger partial charge in [-0.3, -0.25) is 0 Å². The molecule has 0 aliphatic heterocycles. The van der Waals surface area contributed by atoms with Crippen molar-refractivity contribution in [3.8, 4) is 0 Å². The maximum Gasteiger partial charge on any atom is 0.134 e. The van der Waals surface area contributed by atoms with E-state index in [0.29, 0.717) is 6.42 Å². The Morgan fingerprint density at radius 1 is 1.32 bits per heavy atom. The average Bonchev–Trinajstić information content (AvgIpc) is 2.40. The Bertz CT molecular complexity index is 573. The highest BCUT2D eigenvalue weighted by atomic mass is 79.9. The van der Waals surface area contributed by atoms with Crippen LogP contribution in [-0.2, 0) is 0 Å². The van der Waals surface area contributed by atoms with Crippen LogP contribution in [0.2, 0.25) is 0 Å². The van der Waals surface area contributed by atoms with Crippen LogP contribution in [0.3, 0.4) is 0 Å². The minimum atomic E-state index is -0.141. The zero-order valence-electron chi connectivity index (χ0n) is 11.3. The predicted octanol–water partition coefficient (Wildman–Crippen LogP) is 3.96. The number of aliphatic hydroxyl groups excluding tert-OH is 1. The summed E-state index contributed by atoms with van der Waals surface area (Å²) in [6.07, 6.45) is 3.44. The van der Waals surface area contributed by atoms with Crippen molar-refractivity contribution in [3.63, 3.8) is 0 Å². The molecule has 1 unspecified atom stereocenters. The molecule has 3 nitrogen and oxygen atoms in total. The van der Waals surface area contributed by atoms with E-state index in [1.807, 2.05) is 24.4 Å². The Labute approximate surface area is 122 Å². The number of anilines is 1. The number of hydrogen-bond donors (Lipinski definition) is 2. The lowest BCUT2D eigenvalue weighted by atomic mass is 9.94. The van der Waals surface area contributed by atoms with Gasteiger partial charge in [-0.1, -0.05) is 35.0 Å². The van der Waals surface area contributed by atoms with E-state index >= 15 is 0 Å². The highest BCUT2D eigenvalue weighted by molar-refractivity contribution is 9.10. The molecule has 0 bridgehead atoms. The van der Waals surface area contributed by atoms with Gasteiger partial charge in [-0.2, -0.15) is 0 Å². The lowest BCUT2D eigenvalue weighted by molar-refractivity contribution is 0.252. The van der Waals surface area contributed by atoms with Crippen molar-refractivity contribution in [2.24, 2.45) is 0 Å². The van der Waals surface area contributed by atoms with Crippen molar-refractivity contribution in [2.75, 3.05) is 11.9 Å². The highest BCUT2D eigenvalue weighted by Crippen LogP contribution is 2.30. The first-order valence-electron chi connectivity index (χ1n) is 6.52. The number of pyridine rings is 1. The number of hydrogen-bond acceptors (Lipinski definition) is 3. The Hall–Kier alpha value is -1.13. The van der Waals surface area contributed by atoms with E-state index in [0.717, 1.165) is 27.5 Å². The summed E-state index contributed by atoms with van der Waals surface area (Å²) in [6, 6.07) is 8.10. The van der Waals surface area contributed by atoms with Gasteiger partial charge in [0, 0.05) is 33.6 Å². The van der Waals surface area contributed by atoms with E-state index in [-0.39, 0.29) is 12.1 Å². The number of halogens is 1. The third-order valence-electron chi connectivity index (χ3n) is 3.62. The summed E-state index contributed by atoms with van der Waals surface area (Å²) in [6.45, 7) is 4.40. The molecule has 1 heterocycles. The molecule has 102 valence electrons. The van der Waals surface area contributed by atoms with Crippen LogP contribution >= 0.6 is 15.9 Å². The van der Waals surface area contributed by atoms with Crippen LogP contribution in [0.4, 0.5) is 5.82 Å². The maximum atomic E-state index is 9.20. The third-order valence-corrected chi connectivity index (χ3v) is 4.31. The lowest BCUT2D eigenvalue weighted by Gasteiger charge is -2.30. The maximum absolute atomic E-state index is 9.20. The van der Waals surface area contributed by atoms with Gasteiger partial charge in [0.1, 0.15) is 5.82 Å². The van der Waals surface area contributed by atoms with Crippen LogP contribution in [0.25, 0.3) is 10.8 Å². The first-order chi connectivity index (χ1) is 9.09. The van der Waals surface area contributed by atoms with Crippen LogP contribution in [0.1, 0.15) is 26.7 Å². The van der Waals surface area contributed by atoms with Gasteiger partial charge >= 0.3 is 0 Å². The van der Waals surface area contributed by atoms with Gasteiger partial charge in [-0.15, -0.1) is 0 Å². The molecule has 0 spiro atoms. The fraction of sp³-hybridized carbons (Fsp3) is 0.400. The van der Waals surface area contributed by atoms with Crippen LogP contribution in [0, 0.1) is 0 Å². The number of aliphatic hydroxyl groups is 1. The minimum absolute atomic E-state index is 0.141. The highest BCUT2D eigenvalue weighted by Gasteiger charge is 2.22. The standard InChI is InChI=1S/C15H19BrN2O/c1-3-15(2,8-10-19)18-14-12-5-4-6-13(16)11(12)7-9-17-14/h4-7,9,19H,3,8,10H2,1-2H3,(H,17,18). The predicted molar refractivity (Wildman–Crippen MR) is 83.5 cm³/mol. The summed E-state index contributed by atoms with van der Waals surface area (Å²) in [5.74, 6) is 0.872. The van der Waals surface area contributed by atoms with Crippen LogP contribution in [-0.4, -0.2) is 22.2 Å². The summed E-state index contributed by atoms with van der Waals surface area (Å²) in [7, 11) is 0. The number of nitrogens with zero attached hydrogens (tertiary/aromatic N) is 1. The van der Waals surface area contributed by atoms with Crippen molar-refractivity contribution in [1.29, 1.82) is 0 Å². The quantitative estimate of drug-likeness (QED) is 0.875. The molecule has 0 saturated heterocycles. The van der Waals surface area contributed by atoms with Crippen molar-refractivity contribution < 1.29 is 5.11 Å². The second-order valence-electron chi connectivity index (χ2n) is 5.01. The Balaban J connectivity index is 2.43. The van der Waals surface area contributed by atoms with Crippen molar-refractivity contribution in [2.45, 2.75) is 32.2 Å². The number of benzene rings is 1. The fourth-order valence-corrected chi connectivity index (χ4v) is 2.63. The van der Waals surface area contributed by atoms with Crippen LogP contribution < -0.4 is 5.32 Å². The van der Waals surface area contributed by atoms with Crippen molar-refractivity contribution >= 4 is 32.5 Å². The van der Waals surface area contributed by atoms with E-state index in [1.165, 1.54) is 0 Å². The first kappa shape index (κ1) is 14.3. The molecule has 0 fully saturated rings. The summed E-state index contributed by atoms with van der Waals surface area (Å²) in [5, 5.41) is 14.9. The molecule has 1 aromatic carbocycles. The topological polar surface area (TPSA) is 45.1 Å². The summed E-state index contributed by atoms with van der Waals surface area (Å²) < 4.78 is 1.07. The zero-order chi connectivity index (χ0) is 13.9. The molecule has 2 N–H and O–H groups in total. The van der Waals surface area contributed by atoms with Gasteiger partial charge in [-0.25, -0.2) is 4.98 Å². The minimum Gasteiger partial charge on any atom is -0.396 e. The monoisotopic (exact) mass is 322 g/mol. The first-order valence-corrected chi connectivity index (χ1v) is 7.31. The summed E-state index contributed by atoms with van der Waals surface area (Å²) >= 11 is 3.56. The molecular formula is C15H19BrN2O. The molecule has 2 rings (SSSR count). The van der Waals surface area contributed by atoms with Gasteiger partial charge in [0.05, 0.1) is 0 Å². The molecule has 4 heteroatoms. The molecule has 0 saturated carbocycles. The van der Waals surface area contributed by atoms with Gasteiger partial charge in [-0.05, 0) is 31.9 Å². The van der Waals surface area contributed by atoms with Crippen molar-refractivity contribution in [3.05, 3.63) is 34.9 Å². The van der Waals surface area contributed by atoms with Crippen molar-refractivity contribution in [1.82, 2.24) is 4.98 Å². The molecule has 1 aromatic heterocycles. The molecule has 19 heavy (non-hydrogen) atoms. The number of fused-ring (bicyclic) bond motifs is 1. The number of nitrogens with one attached hydrogen (secondary N) is 1. The third kappa shape index (κ3) is 3.07. The zero-order valence-corrected chi connectivity index (χ0v) is 12.9. The normalized spacial score (nSPS) is 14.3. The summed E-state index contributed by atoms with van der Waals surface area (Å²) in [5.41, 5.74) is -0.141. The summed E-state index contributed by atoms with van der Waals surface area (Å²) in [4.78, 5) is 4.45. The van der Waals surface area contributed by atoms with Gasteiger partial charge in [0.2, 0.25) is 0 Å². The molecule has 1 atom stereocenters. The second kappa shape index (κ2) is 5.88. The van der Waals surface area contributed by atoms with Gasteiger partial charge in [0.15, 0.2) is 0 Å². The second-order valence-corrected chi connectivity index (χ2v) is 5.86. The molecule has 0 aliphatic carbocycles. The molecule has 0 radical (unpaired) electrons. The molecular weight excluding hydrogens is 304 g/mol. The van der Waals surface area contributed by atoms with Gasteiger partial charge < -0.3 is 10.4 Å². The SMILES string of the molecule is CCC(C)(CCO)Nc1nccc2c(Br)cccc12.